The monoisotopic (exact) mass is 325 g/mol. The molecule has 2 aromatic rings. The van der Waals surface area contributed by atoms with Crippen molar-refractivity contribution in [3.8, 4) is 0 Å². The van der Waals surface area contributed by atoms with Crippen LogP contribution in [0.4, 0.5) is 0 Å². The second kappa shape index (κ2) is 5.20. The van der Waals surface area contributed by atoms with E-state index in [0.29, 0.717) is 0 Å². The predicted octanol–water partition coefficient (Wildman–Crippen LogP) is 3.38. The highest BCUT2D eigenvalue weighted by Gasteiger charge is 2.25. The summed E-state index contributed by atoms with van der Waals surface area (Å²) in [6, 6.07) is 12.2. The molecule has 1 aromatic carbocycles. The average Bonchev–Trinajstić information content (AvgIpc) is 2.40. The first kappa shape index (κ1) is 13.2. The molecule has 0 aliphatic carbocycles. The summed E-state index contributed by atoms with van der Waals surface area (Å²) in [5, 5.41) is -0.499. The summed E-state index contributed by atoms with van der Waals surface area (Å²) in [7, 11) is -3.43. The van der Waals surface area contributed by atoms with Crippen molar-refractivity contribution in [1.29, 1.82) is 0 Å². The minimum atomic E-state index is -3.43. The number of hydrogen-bond acceptors (Lipinski definition) is 3. The van der Waals surface area contributed by atoms with Gasteiger partial charge >= 0.3 is 0 Å². The van der Waals surface area contributed by atoms with Gasteiger partial charge in [0.05, 0.1) is 5.25 Å². The number of sulfone groups is 1. The minimum absolute atomic E-state index is 0.111. The van der Waals surface area contributed by atoms with Crippen molar-refractivity contribution in [2.75, 3.05) is 0 Å². The van der Waals surface area contributed by atoms with E-state index in [0.717, 1.165) is 10.0 Å². The third-order valence-corrected chi connectivity index (χ3v) is 5.29. The lowest BCUT2D eigenvalue weighted by molar-refractivity contribution is 0.582. The second-order valence-corrected chi connectivity index (χ2v) is 7.04. The van der Waals surface area contributed by atoms with Crippen LogP contribution in [0, 0.1) is 0 Å². The molecule has 1 aromatic heterocycles. The van der Waals surface area contributed by atoms with Gasteiger partial charge in [0.1, 0.15) is 0 Å². The van der Waals surface area contributed by atoms with Crippen LogP contribution in [0.1, 0.15) is 17.7 Å². The van der Waals surface area contributed by atoms with Crippen LogP contribution in [-0.4, -0.2) is 13.4 Å². The summed E-state index contributed by atoms with van der Waals surface area (Å²) < 4.78 is 25.6. The average molecular weight is 326 g/mol. The summed E-state index contributed by atoms with van der Waals surface area (Å²) in [5.74, 6) is 0. The molecule has 1 unspecified atom stereocenters. The molecule has 0 fully saturated rings. The third kappa shape index (κ3) is 2.62. The topological polar surface area (TPSA) is 47.0 Å². The predicted molar refractivity (Wildman–Crippen MR) is 74.0 cm³/mol. The quantitative estimate of drug-likeness (QED) is 0.869. The maximum atomic E-state index is 12.3. The summed E-state index contributed by atoms with van der Waals surface area (Å²) in [6.07, 6.45) is 1.49. The van der Waals surface area contributed by atoms with Crippen molar-refractivity contribution in [3.05, 3.63) is 58.7 Å². The van der Waals surface area contributed by atoms with Crippen molar-refractivity contribution in [2.24, 2.45) is 0 Å². The van der Waals surface area contributed by atoms with Gasteiger partial charge in [-0.25, -0.2) is 13.4 Å². The van der Waals surface area contributed by atoms with E-state index < -0.39 is 15.1 Å². The van der Waals surface area contributed by atoms with E-state index in [1.54, 1.807) is 31.2 Å². The van der Waals surface area contributed by atoms with Gasteiger partial charge in [0.2, 0.25) is 9.84 Å². The molecule has 0 N–H and O–H groups in total. The number of hydrogen-bond donors (Lipinski definition) is 0. The van der Waals surface area contributed by atoms with Crippen molar-refractivity contribution >= 4 is 25.8 Å². The van der Waals surface area contributed by atoms with Gasteiger partial charge in [-0.3, -0.25) is 0 Å². The van der Waals surface area contributed by atoms with Gasteiger partial charge in [-0.2, -0.15) is 0 Å². The number of pyridine rings is 1. The van der Waals surface area contributed by atoms with Gasteiger partial charge in [-0.1, -0.05) is 34.1 Å². The molecule has 1 heterocycles. The van der Waals surface area contributed by atoms with E-state index in [1.165, 1.54) is 12.3 Å². The Morgan fingerprint density at radius 1 is 1.11 bits per heavy atom. The second-order valence-electron chi connectivity index (χ2n) is 3.91. The largest absolute Gasteiger partial charge is 0.245 e. The van der Waals surface area contributed by atoms with Crippen molar-refractivity contribution < 1.29 is 8.42 Å². The van der Waals surface area contributed by atoms with E-state index in [4.69, 9.17) is 0 Å². The maximum absolute atomic E-state index is 12.3. The zero-order valence-electron chi connectivity index (χ0n) is 9.75. The lowest BCUT2D eigenvalue weighted by Crippen LogP contribution is -2.12. The molecular formula is C13H12BrNO2S. The summed E-state index contributed by atoms with van der Waals surface area (Å²) in [5.41, 5.74) is 0.754. The molecule has 0 radical (unpaired) electrons. The Hall–Kier alpha value is -1.20. The Bertz CT molecular complexity index is 624. The van der Waals surface area contributed by atoms with Gasteiger partial charge in [0.25, 0.3) is 0 Å². The number of rotatable bonds is 3. The van der Waals surface area contributed by atoms with Gasteiger partial charge in [-0.15, -0.1) is 0 Å². The Labute approximate surface area is 115 Å². The zero-order valence-corrected chi connectivity index (χ0v) is 12.1. The Kier molecular flexibility index (Phi) is 3.82. The smallest absolute Gasteiger partial charge is 0.202 e. The standard InChI is InChI=1S/C13H12BrNO2S/c1-10(11-5-7-12(14)8-6-11)18(16,17)13-4-2-3-9-15-13/h2-10H,1H3. The Balaban J connectivity index is 2.39. The molecule has 2 rings (SSSR count). The third-order valence-electron chi connectivity index (χ3n) is 2.73. The van der Waals surface area contributed by atoms with E-state index in [-0.39, 0.29) is 5.03 Å². The first-order valence-electron chi connectivity index (χ1n) is 5.42. The van der Waals surface area contributed by atoms with E-state index in [9.17, 15) is 8.42 Å². The van der Waals surface area contributed by atoms with Crippen molar-refractivity contribution in [1.82, 2.24) is 4.98 Å². The van der Waals surface area contributed by atoms with Crippen molar-refractivity contribution in [3.63, 3.8) is 0 Å². The molecule has 94 valence electrons. The summed E-state index contributed by atoms with van der Waals surface area (Å²) in [4.78, 5) is 3.92. The fraction of sp³-hybridized carbons (Fsp3) is 0.154. The van der Waals surface area contributed by atoms with E-state index >= 15 is 0 Å². The normalized spacial score (nSPS) is 13.2. The molecule has 3 nitrogen and oxygen atoms in total. The van der Waals surface area contributed by atoms with Crippen LogP contribution < -0.4 is 0 Å². The van der Waals surface area contributed by atoms with E-state index in [2.05, 4.69) is 20.9 Å². The lowest BCUT2D eigenvalue weighted by Gasteiger charge is -2.12. The van der Waals surface area contributed by atoms with Crippen LogP contribution in [0.25, 0.3) is 0 Å². The lowest BCUT2D eigenvalue weighted by atomic mass is 10.2. The number of halogens is 1. The molecule has 0 amide bonds. The highest BCUT2D eigenvalue weighted by molar-refractivity contribution is 9.10. The molecule has 0 spiro atoms. The van der Waals surface area contributed by atoms with Crippen LogP contribution in [-0.2, 0) is 9.84 Å². The minimum Gasteiger partial charge on any atom is -0.245 e. The van der Waals surface area contributed by atoms with Crippen molar-refractivity contribution in [2.45, 2.75) is 17.2 Å². The molecule has 5 heteroatoms. The molecule has 1 atom stereocenters. The summed E-state index contributed by atoms with van der Waals surface area (Å²) >= 11 is 3.33. The molecular weight excluding hydrogens is 314 g/mol. The summed E-state index contributed by atoms with van der Waals surface area (Å²) in [6.45, 7) is 1.67. The number of benzene rings is 1. The zero-order chi connectivity index (χ0) is 13.2. The van der Waals surface area contributed by atoms with Gasteiger partial charge in [0.15, 0.2) is 5.03 Å². The first-order valence-corrected chi connectivity index (χ1v) is 7.76. The van der Waals surface area contributed by atoms with Gasteiger partial charge < -0.3 is 0 Å². The molecule has 0 saturated carbocycles. The fourth-order valence-corrected chi connectivity index (χ4v) is 3.23. The highest BCUT2D eigenvalue weighted by atomic mass is 79.9. The van der Waals surface area contributed by atoms with Crippen LogP contribution in [0.5, 0.6) is 0 Å². The molecule has 0 aliphatic heterocycles. The van der Waals surface area contributed by atoms with E-state index in [1.807, 2.05) is 12.1 Å². The van der Waals surface area contributed by atoms with Crippen LogP contribution >= 0.6 is 15.9 Å². The number of nitrogens with zero attached hydrogens (tertiary/aromatic N) is 1. The van der Waals surface area contributed by atoms with Gasteiger partial charge in [0, 0.05) is 10.7 Å². The van der Waals surface area contributed by atoms with Crippen LogP contribution in [0.3, 0.4) is 0 Å². The number of aromatic nitrogens is 1. The first-order chi connectivity index (χ1) is 8.51. The SMILES string of the molecule is CC(c1ccc(Br)cc1)S(=O)(=O)c1ccccn1. The fourth-order valence-electron chi connectivity index (χ4n) is 1.61. The van der Waals surface area contributed by atoms with Crippen LogP contribution in [0.15, 0.2) is 58.2 Å². The maximum Gasteiger partial charge on any atom is 0.202 e. The molecule has 0 bridgehead atoms. The highest BCUT2D eigenvalue weighted by Crippen LogP contribution is 2.27. The van der Waals surface area contributed by atoms with Gasteiger partial charge in [-0.05, 0) is 36.8 Å². The molecule has 18 heavy (non-hydrogen) atoms. The Morgan fingerprint density at radius 3 is 2.33 bits per heavy atom. The molecule has 0 aliphatic rings. The van der Waals surface area contributed by atoms with Crippen LogP contribution in [0.2, 0.25) is 0 Å². The molecule has 0 saturated heterocycles. The Morgan fingerprint density at radius 2 is 1.78 bits per heavy atom.